The second-order valence-corrected chi connectivity index (χ2v) is 2.30. The van der Waals surface area contributed by atoms with Gasteiger partial charge in [0.05, 0.1) is 0 Å². The molecular weight excluding hydrogens is 209 g/mol. The molecule has 0 fully saturated rings. The van der Waals surface area contributed by atoms with Crippen LogP contribution in [0.15, 0.2) is 0 Å². The second-order valence-electron chi connectivity index (χ2n) is 1.34. The fourth-order valence-electron chi connectivity index (χ4n) is 0.120. The molecule has 0 radical (unpaired) electrons. The molecule has 0 aliphatic rings. The maximum atomic E-state index is 11.2. The highest BCUT2D eigenvalue weighted by Gasteiger charge is 2.42. The first kappa shape index (κ1) is 11.1. The maximum Gasteiger partial charge on any atom is 0.494 e. The van der Waals surface area contributed by atoms with Crippen LogP contribution in [0.4, 0.5) is 13.2 Å². The van der Waals surface area contributed by atoms with E-state index in [1.807, 2.05) is 0 Å². The Hall–Kier alpha value is -0.870. The molecule has 0 N–H and O–H groups in total. The van der Waals surface area contributed by atoms with Crippen molar-refractivity contribution >= 4 is 16.4 Å². The molecule has 12 heavy (non-hydrogen) atoms. The number of hydrogen-bond acceptors (Lipinski definition) is 6. The molecule has 0 aliphatic carbocycles. The van der Waals surface area contributed by atoms with Gasteiger partial charge in [-0.25, -0.2) is 13.2 Å². The summed E-state index contributed by atoms with van der Waals surface area (Å²) in [6, 6.07) is 0. The van der Waals surface area contributed by atoms with Gasteiger partial charge in [-0.1, -0.05) is 4.33 Å². The number of rotatable bonds is 2. The van der Waals surface area contributed by atoms with Gasteiger partial charge in [-0.15, -0.1) is 0 Å². The van der Waals surface area contributed by atoms with Gasteiger partial charge < -0.3 is 4.55 Å². The summed E-state index contributed by atoms with van der Waals surface area (Å²) in [5.74, 6) is -2.93. The van der Waals surface area contributed by atoms with E-state index in [0.29, 0.717) is 0 Å². The van der Waals surface area contributed by atoms with E-state index < -0.39 is 22.5 Å². The monoisotopic (exact) mass is 209 g/mol. The predicted molar refractivity (Wildman–Crippen MR) is 22.9 cm³/mol. The summed E-state index contributed by atoms with van der Waals surface area (Å²) in [6.45, 7) is 0. The molecule has 0 amide bonds. The summed E-state index contributed by atoms with van der Waals surface area (Å²) < 4.78 is 64.4. The molecular formula is C2F3O6S-. The lowest BCUT2D eigenvalue weighted by Crippen LogP contribution is -2.26. The molecule has 0 spiro atoms. The number of halogens is 3. The van der Waals surface area contributed by atoms with Gasteiger partial charge in [-0.2, -0.15) is 13.2 Å². The Morgan fingerprint density at radius 3 is 2.00 bits per heavy atom. The van der Waals surface area contributed by atoms with Crippen LogP contribution in [-0.2, 0) is 24.4 Å². The van der Waals surface area contributed by atoms with Gasteiger partial charge in [0.15, 0.2) is 0 Å². The lowest BCUT2D eigenvalue weighted by Gasteiger charge is -2.06. The molecule has 10 heteroatoms. The molecule has 6 nitrogen and oxygen atoms in total. The fraction of sp³-hybridized carbons (Fsp3) is 0.500. The molecule has 0 aromatic heterocycles. The Bertz CT molecular complexity index is 263. The van der Waals surface area contributed by atoms with Crippen molar-refractivity contribution < 1.29 is 40.2 Å². The van der Waals surface area contributed by atoms with Crippen molar-refractivity contribution in [3.05, 3.63) is 0 Å². The van der Waals surface area contributed by atoms with Crippen LogP contribution < -0.4 is 0 Å². The molecule has 0 aromatic rings. The Balaban J connectivity index is 4.07. The van der Waals surface area contributed by atoms with Crippen LogP contribution >= 0.6 is 0 Å². The van der Waals surface area contributed by atoms with Crippen LogP contribution in [0.25, 0.3) is 0 Å². The van der Waals surface area contributed by atoms with Gasteiger partial charge >= 0.3 is 12.1 Å². The molecule has 0 rings (SSSR count). The lowest BCUT2D eigenvalue weighted by atomic mass is 10.7. The minimum Gasteiger partial charge on any atom is -0.723 e. The molecule has 0 aromatic carbocycles. The van der Waals surface area contributed by atoms with Crippen molar-refractivity contribution in [3.8, 4) is 0 Å². The SMILES string of the molecule is O=C(OOS(=O)(=O)[O-])C(F)(F)F. The topological polar surface area (TPSA) is 92.7 Å². The van der Waals surface area contributed by atoms with Gasteiger partial charge in [-0.3, -0.25) is 4.89 Å². The Morgan fingerprint density at radius 2 is 1.75 bits per heavy atom. The van der Waals surface area contributed by atoms with Crippen molar-refractivity contribution in [2.24, 2.45) is 0 Å². The molecule has 0 saturated heterocycles. The van der Waals surface area contributed by atoms with Crippen LogP contribution in [0.5, 0.6) is 0 Å². The summed E-state index contributed by atoms with van der Waals surface area (Å²) in [4.78, 5) is 12.2. The summed E-state index contributed by atoms with van der Waals surface area (Å²) in [5, 5.41) is 0. The normalized spacial score (nSPS) is 12.7. The van der Waals surface area contributed by atoms with E-state index in [1.165, 1.54) is 0 Å². The van der Waals surface area contributed by atoms with Crippen LogP contribution in [0, 0.1) is 0 Å². The van der Waals surface area contributed by atoms with Gasteiger partial charge in [0.25, 0.3) is 10.4 Å². The van der Waals surface area contributed by atoms with Crippen LogP contribution in [0.3, 0.4) is 0 Å². The summed E-state index contributed by atoms with van der Waals surface area (Å²) >= 11 is 0. The maximum absolute atomic E-state index is 11.2. The van der Waals surface area contributed by atoms with Crippen molar-refractivity contribution in [3.63, 3.8) is 0 Å². The molecule has 0 bridgehead atoms. The van der Waals surface area contributed by atoms with Crippen LogP contribution in [0.2, 0.25) is 0 Å². The third kappa shape index (κ3) is 4.87. The minimum absolute atomic E-state index is 2.56. The molecule has 0 aliphatic heterocycles. The van der Waals surface area contributed by atoms with E-state index in [2.05, 4.69) is 9.22 Å². The second kappa shape index (κ2) is 3.25. The fourth-order valence-corrected chi connectivity index (χ4v) is 0.265. The molecule has 0 atom stereocenters. The average Bonchev–Trinajstić information content (AvgIpc) is 1.78. The number of hydrogen-bond donors (Lipinski definition) is 0. The van der Waals surface area contributed by atoms with Gasteiger partial charge in [0.1, 0.15) is 0 Å². The standard InChI is InChI=1S/C2HF3O6S/c3-2(4,5)1(6)10-11-12(7,8)9/h(H,7,8,9)/p-1. The van der Waals surface area contributed by atoms with Gasteiger partial charge in [0.2, 0.25) is 0 Å². The summed E-state index contributed by atoms with van der Waals surface area (Å²) in [7, 11) is -5.47. The number of carbonyl (C=O) groups is 1. The zero-order chi connectivity index (χ0) is 9.99. The van der Waals surface area contributed by atoms with Crippen molar-refractivity contribution in [1.29, 1.82) is 0 Å². The van der Waals surface area contributed by atoms with Crippen LogP contribution in [-0.4, -0.2) is 25.1 Å². The number of alkyl halides is 3. The van der Waals surface area contributed by atoms with E-state index in [0.717, 1.165) is 0 Å². The van der Waals surface area contributed by atoms with Crippen molar-refractivity contribution in [2.75, 3.05) is 0 Å². The van der Waals surface area contributed by atoms with E-state index in [4.69, 9.17) is 0 Å². The Kier molecular flexibility index (Phi) is 3.01. The Labute approximate surface area is 63.8 Å². The summed E-state index contributed by atoms with van der Waals surface area (Å²) in [6.07, 6.45) is -5.41. The van der Waals surface area contributed by atoms with E-state index in [9.17, 15) is 30.9 Å². The van der Waals surface area contributed by atoms with E-state index >= 15 is 0 Å². The molecule has 72 valence electrons. The van der Waals surface area contributed by atoms with Crippen LogP contribution in [0.1, 0.15) is 0 Å². The largest absolute Gasteiger partial charge is 0.723 e. The quantitative estimate of drug-likeness (QED) is 0.263. The molecule has 0 heterocycles. The van der Waals surface area contributed by atoms with E-state index in [-0.39, 0.29) is 0 Å². The van der Waals surface area contributed by atoms with E-state index in [1.54, 1.807) is 0 Å². The van der Waals surface area contributed by atoms with Crippen molar-refractivity contribution in [1.82, 2.24) is 0 Å². The minimum atomic E-state index is -5.47. The Morgan fingerprint density at radius 1 is 1.33 bits per heavy atom. The predicted octanol–water partition coefficient (Wildman–Crippen LogP) is -0.516. The zero-order valence-electron chi connectivity index (χ0n) is 4.99. The highest BCUT2D eigenvalue weighted by molar-refractivity contribution is 7.80. The lowest BCUT2D eigenvalue weighted by molar-refractivity contribution is -0.257. The third-order valence-corrected chi connectivity index (χ3v) is 0.659. The molecule has 0 unspecified atom stereocenters. The zero-order valence-corrected chi connectivity index (χ0v) is 5.81. The highest BCUT2D eigenvalue weighted by atomic mass is 32.3. The first-order chi connectivity index (χ1) is 5.13. The highest BCUT2D eigenvalue weighted by Crippen LogP contribution is 2.16. The average molecular weight is 209 g/mol. The van der Waals surface area contributed by atoms with Gasteiger partial charge in [-0.05, 0) is 0 Å². The first-order valence-corrected chi connectivity index (χ1v) is 3.39. The van der Waals surface area contributed by atoms with Crippen molar-refractivity contribution in [2.45, 2.75) is 6.18 Å². The van der Waals surface area contributed by atoms with Gasteiger partial charge in [0, 0.05) is 0 Å². The summed E-state index contributed by atoms with van der Waals surface area (Å²) in [5.41, 5.74) is 0. The third-order valence-electron chi connectivity index (χ3n) is 0.424. The molecule has 0 saturated carbocycles. The smallest absolute Gasteiger partial charge is 0.494 e. The number of carbonyl (C=O) groups excluding carboxylic acids is 1. The first-order valence-electron chi connectivity index (χ1n) is 2.06.